The maximum Gasteiger partial charge on any atom is 0.222 e. The van der Waals surface area contributed by atoms with Gasteiger partial charge in [0.05, 0.1) is 18.5 Å². The van der Waals surface area contributed by atoms with Crippen LogP contribution >= 0.6 is 0 Å². The standard InChI is InChI=1S/C16H20FN3O/c1-12(21)16(2,8-13-6-4-3-5-7-13)11-20-15-18-9-14(17)10-19-15/h3-7,9-10,12,21H,8,11H2,1-2H3,(H,18,19,20)/t12-,16-/m0/s1. The van der Waals surface area contributed by atoms with E-state index in [4.69, 9.17) is 0 Å². The zero-order valence-electron chi connectivity index (χ0n) is 12.3. The van der Waals surface area contributed by atoms with Crippen molar-refractivity contribution >= 4 is 5.95 Å². The number of aliphatic hydroxyl groups is 1. The molecule has 0 spiro atoms. The second-order valence-corrected chi connectivity index (χ2v) is 5.57. The van der Waals surface area contributed by atoms with Gasteiger partial charge in [-0.05, 0) is 18.9 Å². The number of aliphatic hydroxyl groups excluding tert-OH is 1. The zero-order chi connectivity index (χ0) is 15.3. The van der Waals surface area contributed by atoms with Crippen molar-refractivity contribution < 1.29 is 9.50 Å². The average molecular weight is 289 g/mol. The van der Waals surface area contributed by atoms with Crippen molar-refractivity contribution in [1.82, 2.24) is 9.97 Å². The molecule has 0 aliphatic rings. The molecule has 0 aliphatic heterocycles. The number of aromatic nitrogens is 2. The van der Waals surface area contributed by atoms with Crippen LogP contribution in [0.15, 0.2) is 42.7 Å². The fourth-order valence-electron chi connectivity index (χ4n) is 2.10. The second-order valence-electron chi connectivity index (χ2n) is 5.57. The van der Waals surface area contributed by atoms with Crippen LogP contribution in [0.5, 0.6) is 0 Å². The van der Waals surface area contributed by atoms with E-state index in [9.17, 15) is 9.50 Å². The summed E-state index contributed by atoms with van der Waals surface area (Å²) in [7, 11) is 0. The summed E-state index contributed by atoms with van der Waals surface area (Å²) in [5, 5.41) is 13.2. The van der Waals surface area contributed by atoms with Crippen LogP contribution in [0.25, 0.3) is 0 Å². The Morgan fingerprint density at radius 2 is 1.86 bits per heavy atom. The molecule has 2 rings (SSSR count). The van der Waals surface area contributed by atoms with E-state index in [-0.39, 0.29) is 5.41 Å². The lowest BCUT2D eigenvalue weighted by Gasteiger charge is -2.33. The number of nitrogens with zero attached hydrogens (tertiary/aromatic N) is 2. The van der Waals surface area contributed by atoms with Crippen LogP contribution < -0.4 is 5.32 Å². The Kier molecular flexibility index (Phi) is 4.85. The molecule has 2 N–H and O–H groups in total. The third-order valence-electron chi connectivity index (χ3n) is 3.73. The molecule has 0 radical (unpaired) electrons. The Labute approximate surface area is 124 Å². The fraction of sp³-hybridized carbons (Fsp3) is 0.375. The summed E-state index contributed by atoms with van der Waals surface area (Å²) < 4.78 is 12.8. The van der Waals surface area contributed by atoms with Crippen LogP contribution in [0.1, 0.15) is 19.4 Å². The molecule has 4 nitrogen and oxygen atoms in total. The van der Waals surface area contributed by atoms with E-state index in [2.05, 4.69) is 15.3 Å². The SMILES string of the molecule is C[C@H](O)[C@](C)(CNc1ncc(F)cn1)Cc1ccccc1. The lowest BCUT2D eigenvalue weighted by Crippen LogP contribution is -2.39. The molecule has 5 heteroatoms. The van der Waals surface area contributed by atoms with Crippen LogP contribution in [0, 0.1) is 11.2 Å². The third-order valence-corrected chi connectivity index (χ3v) is 3.73. The average Bonchev–Trinajstić information content (AvgIpc) is 2.47. The summed E-state index contributed by atoms with van der Waals surface area (Å²) in [6.07, 6.45) is 2.45. The highest BCUT2D eigenvalue weighted by Gasteiger charge is 2.30. The Hall–Kier alpha value is -2.01. The maximum atomic E-state index is 12.8. The second kappa shape index (κ2) is 6.63. The molecule has 0 bridgehead atoms. The van der Waals surface area contributed by atoms with Crippen LogP contribution in [0.3, 0.4) is 0 Å². The van der Waals surface area contributed by atoms with Gasteiger partial charge in [-0.1, -0.05) is 37.3 Å². The van der Waals surface area contributed by atoms with Crippen molar-refractivity contribution in [3.8, 4) is 0 Å². The number of benzene rings is 1. The lowest BCUT2D eigenvalue weighted by molar-refractivity contribution is 0.0619. The van der Waals surface area contributed by atoms with Crippen molar-refractivity contribution in [2.24, 2.45) is 5.41 Å². The normalized spacial score (nSPS) is 15.2. The fourth-order valence-corrected chi connectivity index (χ4v) is 2.10. The molecule has 0 saturated heterocycles. The van der Waals surface area contributed by atoms with Gasteiger partial charge in [0.1, 0.15) is 0 Å². The van der Waals surface area contributed by atoms with E-state index < -0.39 is 11.9 Å². The smallest absolute Gasteiger partial charge is 0.222 e. The minimum Gasteiger partial charge on any atom is -0.393 e. The predicted molar refractivity (Wildman–Crippen MR) is 80.4 cm³/mol. The van der Waals surface area contributed by atoms with Gasteiger partial charge in [0.2, 0.25) is 5.95 Å². The Morgan fingerprint density at radius 1 is 1.24 bits per heavy atom. The molecule has 0 saturated carbocycles. The monoisotopic (exact) mass is 289 g/mol. The van der Waals surface area contributed by atoms with Crippen LogP contribution in [-0.2, 0) is 6.42 Å². The topological polar surface area (TPSA) is 58.0 Å². The third kappa shape index (κ3) is 4.23. The number of hydrogen-bond acceptors (Lipinski definition) is 4. The first-order valence-corrected chi connectivity index (χ1v) is 6.93. The molecule has 0 fully saturated rings. The van der Waals surface area contributed by atoms with Crippen molar-refractivity contribution in [1.29, 1.82) is 0 Å². The first kappa shape index (κ1) is 15.4. The van der Waals surface area contributed by atoms with E-state index >= 15 is 0 Å². The summed E-state index contributed by atoms with van der Waals surface area (Å²) in [5.74, 6) is -0.112. The number of hydrogen-bond donors (Lipinski definition) is 2. The highest BCUT2D eigenvalue weighted by molar-refractivity contribution is 5.24. The van der Waals surface area contributed by atoms with Gasteiger partial charge in [0.15, 0.2) is 5.82 Å². The van der Waals surface area contributed by atoms with Crippen LogP contribution in [0.2, 0.25) is 0 Å². The lowest BCUT2D eigenvalue weighted by atomic mass is 9.79. The summed E-state index contributed by atoms with van der Waals surface area (Å²) >= 11 is 0. The Balaban J connectivity index is 2.05. The molecule has 112 valence electrons. The molecule has 0 aliphatic carbocycles. The molecule has 0 amide bonds. The quantitative estimate of drug-likeness (QED) is 0.858. The first-order chi connectivity index (χ1) is 9.99. The maximum absolute atomic E-state index is 12.8. The van der Waals surface area contributed by atoms with Crippen LogP contribution in [0.4, 0.5) is 10.3 Å². The minimum atomic E-state index is -0.509. The van der Waals surface area contributed by atoms with E-state index in [0.29, 0.717) is 12.5 Å². The number of halogens is 1. The van der Waals surface area contributed by atoms with Gasteiger partial charge in [-0.3, -0.25) is 0 Å². The Morgan fingerprint density at radius 3 is 2.43 bits per heavy atom. The predicted octanol–water partition coefficient (Wildman–Crippen LogP) is 2.66. The van der Waals surface area contributed by atoms with Gasteiger partial charge in [-0.25, -0.2) is 14.4 Å². The molecular formula is C16H20FN3O. The molecule has 1 heterocycles. The summed E-state index contributed by atoms with van der Waals surface area (Å²) in [4.78, 5) is 7.74. The summed E-state index contributed by atoms with van der Waals surface area (Å²) in [6.45, 7) is 4.27. The molecule has 2 atom stereocenters. The van der Waals surface area contributed by atoms with Crippen molar-refractivity contribution in [2.75, 3.05) is 11.9 Å². The number of nitrogens with one attached hydrogen (secondary N) is 1. The van der Waals surface area contributed by atoms with Crippen molar-refractivity contribution in [2.45, 2.75) is 26.4 Å². The van der Waals surface area contributed by atoms with E-state index in [1.165, 1.54) is 0 Å². The van der Waals surface area contributed by atoms with E-state index in [1.807, 2.05) is 37.3 Å². The van der Waals surface area contributed by atoms with Crippen LogP contribution in [-0.4, -0.2) is 27.7 Å². The van der Waals surface area contributed by atoms with E-state index in [0.717, 1.165) is 24.4 Å². The summed E-state index contributed by atoms with van der Waals surface area (Å²) in [6, 6.07) is 10.0. The van der Waals surface area contributed by atoms with Gasteiger partial charge >= 0.3 is 0 Å². The number of rotatable bonds is 6. The molecule has 0 unspecified atom stereocenters. The van der Waals surface area contributed by atoms with Crippen molar-refractivity contribution in [3.05, 3.63) is 54.1 Å². The Bertz CT molecular complexity index is 559. The minimum absolute atomic E-state index is 0.358. The van der Waals surface area contributed by atoms with Gasteiger partial charge < -0.3 is 10.4 Å². The summed E-state index contributed by atoms with van der Waals surface area (Å²) in [5.41, 5.74) is 0.779. The largest absolute Gasteiger partial charge is 0.393 e. The first-order valence-electron chi connectivity index (χ1n) is 6.93. The van der Waals surface area contributed by atoms with Gasteiger partial charge in [-0.15, -0.1) is 0 Å². The number of anilines is 1. The highest BCUT2D eigenvalue weighted by atomic mass is 19.1. The van der Waals surface area contributed by atoms with Gasteiger partial charge in [0, 0.05) is 12.0 Å². The molecule has 2 aromatic rings. The molecular weight excluding hydrogens is 269 g/mol. The van der Waals surface area contributed by atoms with E-state index in [1.54, 1.807) is 6.92 Å². The highest BCUT2D eigenvalue weighted by Crippen LogP contribution is 2.27. The molecule has 1 aromatic carbocycles. The van der Waals surface area contributed by atoms with Crippen molar-refractivity contribution in [3.63, 3.8) is 0 Å². The zero-order valence-corrected chi connectivity index (χ0v) is 12.3. The van der Waals surface area contributed by atoms with Gasteiger partial charge in [0.25, 0.3) is 0 Å². The molecule has 1 aromatic heterocycles. The molecule has 21 heavy (non-hydrogen) atoms. The van der Waals surface area contributed by atoms with Gasteiger partial charge in [-0.2, -0.15) is 0 Å².